The van der Waals surface area contributed by atoms with Gasteiger partial charge in [0.25, 0.3) is 0 Å². The van der Waals surface area contributed by atoms with Gasteiger partial charge in [-0.15, -0.1) is 0 Å². The highest BCUT2D eigenvalue weighted by molar-refractivity contribution is 5.81. The fourth-order valence-electron chi connectivity index (χ4n) is 2.24. The molecule has 2 aromatic rings. The fourth-order valence-corrected chi connectivity index (χ4v) is 2.24. The molecule has 3 heterocycles. The van der Waals surface area contributed by atoms with Gasteiger partial charge in [0, 0.05) is 30.4 Å². The molecule has 4 N–H and O–H groups in total. The molecular formula is C12H14N6. The number of fused-ring (bicyclic) bond motifs is 1. The third kappa shape index (κ3) is 1.71. The minimum Gasteiger partial charge on any atom is -0.369 e. The first-order chi connectivity index (χ1) is 8.75. The Morgan fingerprint density at radius 3 is 3.11 bits per heavy atom. The Morgan fingerprint density at radius 1 is 1.50 bits per heavy atom. The highest BCUT2D eigenvalue weighted by atomic mass is 15.4. The van der Waals surface area contributed by atoms with Gasteiger partial charge in [0.15, 0.2) is 0 Å². The van der Waals surface area contributed by atoms with Gasteiger partial charge >= 0.3 is 0 Å². The van der Waals surface area contributed by atoms with Gasteiger partial charge in [-0.3, -0.25) is 10.4 Å². The topological polar surface area (TPSA) is 92.6 Å². The van der Waals surface area contributed by atoms with Crippen molar-refractivity contribution in [1.82, 2.24) is 14.8 Å². The summed E-state index contributed by atoms with van der Waals surface area (Å²) in [4.78, 5) is 4.30. The van der Waals surface area contributed by atoms with Crippen LogP contribution in [0.4, 0.5) is 5.82 Å². The molecule has 0 bridgehead atoms. The van der Waals surface area contributed by atoms with Gasteiger partial charge < -0.3 is 11.1 Å². The van der Waals surface area contributed by atoms with Crippen molar-refractivity contribution in [3.63, 3.8) is 0 Å². The molecule has 18 heavy (non-hydrogen) atoms. The van der Waals surface area contributed by atoms with Gasteiger partial charge in [0.2, 0.25) is 5.96 Å². The molecule has 3 rings (SSSR count). The van der Waals surface area contributed by atoms with Crippen LogP contribution in [-0.4, -0.2) is 27.3 Å². The molecule has 0 fully saturated rings. The number of hydrogen-bond acceptors (Lipinski definition) is 4. The van der Waals surface area contributed by atoms with Crippen molar-refractivity contribution < 1.29 is 0 Å². The third-order valence-corrected chi connectivity index (χ3v) is 3.04. The predicted molar refractivity (Wildman–Crippen MR) is 68.8 cm³/mol. The standard InChI is InChI=1S/C12H14N6/c13-12(14)18-11-9(4-6-16-11)10(17-18)7-8-3-1-2-5-15-8/h1-3,5,16H,4,6-7H2,(H3,13,14). The van der Waals surface area contributed by atoms with Gasteiger partial charge in [0.1, 0.15) is 5.82 Å². The van der Waals surface area contributed by atoms with E-state index < -0.39 is 0 Å². The van der Waals surface area contributed by atoms with E-state index in [4.69, 9.17) is 11.1 Å². The molecule has 6 nitrogen and oxygen atoms in total. The molecule has 1 aliphatic rings. The maximum atomic E-state index is 7.52. The maximum absolute atomic E-state index is 7.52. The zero-order valence-electron chi connectivity index (χ0n) is 9.85. The molecule has 6 heteroatoms. The SMILES string of the molecule is N=C(N)n1nc(Cc2ccccn2)c2c1NCC2. The zero-order valence-corrected chi connectivity index (χ0v) is 9.85. The van der Waals surface area contributed by atoms with Crippen LogP contribution in [0.15, 0.2) is 24.4 Å². The molecular weight excluding hydrogens is 228 g/mol. The molecule has 0 unspecified atom stereocenters. The number of nitrogen functional groups attached to an aromatic ring is 1. The Labute approximate surface area is 104 Å². The second-order valence-corrected chi connectivity index (χ2v) is 4.25. The van der Waals surface area contributed by atoms with Crippen molar-refractivity contribution in [2.75, 3.05) is 11.9 Å². The van der Waals surface area contributed by atoms with Gasteiger partial charge in [-0.2, -0.15) is 9.78 Å². The van der Waals surface area contributed by atoms with Crippen LogP contribution in [0.3, 0.4) is 0 Å². The summed E-state index contributed by atoms with van der Waals surface area (Å²) >= 11 is 0. The van der Waals surface area contributed by atoms with Crippen LogP contribution >= 0.6 is 0 Å². The summed E-state index contributed by atoms with van der Waals surface area (Å²) in [6, 6.07) is 5.83. The van der Waals surface area contributed by atoms with Crippen molar-refractivity contribution in [2.45, 2.75) is 12.8 Å². The number of nitrogens with zero attached hydrogens (tertiary/aromatic N) is 3. The zero-order chi connectivity index (χ0) is 12.5. The summed E-state index contributed by atoms with van der Waals surface area (Å²) in [7, 11) is 0. The first-order valence-electron chi connectivity index (χ1n) is 5.84. The van der Waals surface area contributed by atoms with E-state index in [0.29, 0.717) is 6.42 Å². The number of nitrogens with two attached hydrogens (primary N) is 1. The summed E-state index contributed by atoms with van der Waals surface area (Å²) in [6.07, 6.45) is 3.37. The Hall–Kier alpha value is -2.37. The van der Waals surface area contributed by atoms with Crippen LogP contribution in [-0.2, 0) is 12.8 Å². The summed E-state index contributed by atoms with van der Waals surface area (Å²) in [5.74, 6) is 0.793. The smallest absolute Gasteiger partial charge is 0.215 e. The van der Waals surface area contributed by atoms with E-state index in [9.17, 15) is 0 Å². The number of nitrogens with one attached hydrogen (secondary N) is 2. The maximum Gasteiger partial charge on any atom is 0.215 e. The Morgan fingerprint density at radius 2 is 2.39 bits per heavy atom. The number of hydrogen-bond donors (Lipinski definition) is 3. The van der Waals surface area contributed by atoms with E-state index in [1.165, 1.54) is 4.68 Å². The van der Waals surface area contributed by atoms with E-state index in [1.807, 2.05) is 18.2 Å². The van der Waals surface area contributed by atoms with E-state index >= 15 is 0 Å². The van der Waals surface area contributed by atoms with Crippen molar-refractivity contribution in [3.05, 3.63) is 41.3 Å². The van der Waals surface area contributed by atoms with Gasteiger partial charge in [-0.25, -0.2) is 0 Å². The minimum absolute atomic E-state index is 0.0621. The van der Waals surface area contributed by atoms with Crippen LogP contribution in [0.2, 0.25) is 0 Å². The molecule has 0 atom stereocenters. The molecule has 0 aliphatic carbocycles. The lowest BCUT2D eigenvalue weighted by molar-refractivity contribution is 0.855. The van der Waals surface area contributed by atoms with Gasteiger partial charge in [-0.1, -0.05) is 6.07 Å². The second-order valence-electron chi connectivity index (χ2n) is 4.25. The summed E-state index contributed by atoms with van der Waals surface area (Å²) in [6.45, 7) is 0.871. The highest BCUT2D eigenvalue weighted by Crippen LogP contribution is 2.26. The average molecular weight is 242 g/mol. The quantitative estimate of drug-likeness (QED) is 0.530. The molecule has 0 radical (unpaired) electrons. The molecule has 0 amide bonds. The fraction of sp³-hybridized carbons (Fsp3) is 0.250. The summed E-state index contributed by atoms with van der Waals surface area (Å²) in [5.41, 5.74) is 8.59. The number of rotatable bonds is 2. The first-order valence-corrected chi connectivity index (χ1v) is 5.84. The van der Waals surface area contributed by atoms with E-state index in [1.54, 1.807) is 6.20 Å². The largest absolute Gasteiger partial charge is 0.369 e. The van der Waals surface area contributed by atoms with Crippen molar-refractivity contribution in [3.8, 4) is 0 Å². The summed E-state index contributed by atoms with van der Waals surface area (Å²) in [5, 5.41) is 15.1. The Kier molecular flexibility index (Phi) is 2.47. The van der Waals surface area contributed by atoms with Crippen molar-refractivity contribution in [2.24, 2.45) is 5.73 Å². The lowest BCUT2D eigenvalue weighted by Crippen LogP contribution is -2.23. The molecule has 0 spiro atoms. The molecule has 0 saturated carbocycles. The Bertz CT molecular complexity index is 586. The van der Waals surface area contributed by atoms with Gasteiger partial charge in [-0.05, 0) is 18.6 Å². The number of anilines is 1. The van der Waals surface area contributed by atoms with Crippen molar-refractivity contribution >= 4 is 11.8 Å². The van der Waals surface area contributed by atoms with Gasteiger partial charge in [0.05, 0.1) is 5.69 Å². The molecule has 0 aromatic carbocycles. The molecule has 0 saturated heterocycles. The van der Waals surface area contributed by atoms with Crippen LogP contribution in [0.5, 0.6) is 0 Å². The monoisotopic (exact) mass is 242 g/mol. The van der Waals surface area contributed by atoms with Crippen LogP contribution in [0.25, 0.3) is 0 Å². The van der Waals surface area contributed by atoms with E-state index in [-0.39, 0.29) is 5.96 Å². The predicted octanol–water partition coefficient (Wildman–Crippen LogP) is 0.578. The number of aromatic nitrogens is 3. The van der Waals surface area contributed by atoms with Crippen LogP contribution in [0.1, 0.15) is 17.0 Å². The first kappa shape index (κ1) is 10.8. The summed E-state index contributed by atoms with van der Waals surface area (Å²) < 4.78 is 1.46. The van der Waals surface area contributed by atoms with E-state index in [2.05, 4.69) is 15.4 Å². The van der Waals surface area contributed by atoms with Crippen LogP contribution < -0.4 is 11.1 Å². The highest BCUT2D eigenvalue weighted by Gasteiger charge is 2.23. The van der Waals surface area contributed by atoms with Crippen LogP contribution in [0, 0.1) is 5.41 Å². The Balaban J connectivity index is 1.98. The minimum atomic E-state index is -0.0621. The number of pyridine rings is 1. The second kappa shape index (κ2) is 4.14. The molecule has 92 valence electrons. The molecule has 2 aromatic heterocycles. The van der Waals surface area contributed by atoms with Crippen molar-refractivity contribution in [1.29, 1.82) is 5.41 Å². The van der Waals surface area contributed by atoms with E-state index in [0.717, 1.165) is 35.7 Å². The lowest BCUT2D eigenvalue weighted by atomic mass is 10.1. The molecule has 1 aliphatic heterocycles. The average Bonchev–Trinajstić information content (AvgIpc) is 2.94. The third-order valence-electron chi connectivity index (χ3n) is 3.04. The lowest BCUT2D eigenvalue weighted by Gasteiger charge is -2.02. The normalized spacial score (nSPS) is 13.1.